The number of nitriles is 1. The molecule has 7 heteroatoms. The monoisotopic (exact) mass is 465 g/mol. The van der Waals surface area contributed by atoms with Gasteiger partial charge >= 0.3 is 0 Å². The molecule has 0 unspecified atom stereocenters. The number of fused-ring (bicyclic) bond motifs is 1. The van der Waals surface area contributed by atoms with Gasteiger partial charge in [-0.2, -0.15) is 5.26 Å². The van der Waals surface area contributed by atoms with Crippen LogP contribution in [-0.2, 0) is 23.1 Å². The van der Waals surface area contributed by atoms with Crippen LogP contribution in [0.1, 0.15) is 51.2 Å². The lowest BCUT2D eigenvalue weighted by molar-refractivity contribution is 0.349. The summed E-state index contributed by atoms with van der Waals surface area (Å²) in [6.45, 7) is 7.57. The fourth-order valence-electron chi connectivity index (χ4n) is 4.38. The molecule has 0 saturated heterocycles. The summed E-state index contributed by atoms with van der Waals surface area (Å²) >= 11 is 0. The number of nitrogens with zero attached hydrogens (tertiary/aromatic N) is 2. The summed E-state index contributed by atoms with van der Waals surface area (Å²) in [5, 5.41) is 10.4. The fourth-order valence-corrected chi connectivity index (χ4v) is 5.92. The maximum atomic E-state index is 12.6. The van der Waals surface area contributed by atoms with Crippen molar-refractivity contribution in [2.24, 2.45) is 5.41 Å². The summed E-state index contributed by atoms with van der Waals surface area (Å²) in [5.74, 6) is 0.649. The van der Waals surface area contributed by atoms with E-state index in [0.717, 1.165) is 53.4 Å². The molecule has 1 N–H and O–H groups in total. The molecule has 0 spiro atoms. The van der Waals surface area contributed by atoms with Crippen molar-refractivity contribution in [1.82, 2.24) is 9.29 Å². The van der Waals surface area contributed by atoms with Gasteiger partial charge in [0.1, 0.15) is 5.75 Å². The van der Waals surface area contributed by atoms with Crippen molar-refractivity contribution in [3.63, 3.8) is 0 Å². The van der Waals surface area contributed by atoms with Gasteiger partial charge in [0.15, 0.2) is 0 Å². The third kappa shape index (κ3) is 4.78. The van der Waals surface area contributed by atoms with Crippen molar-refractivity contribution in [1.29, 1.82) is 5.26 Å². The second-order valence-electron chi connectivity index (χ2n) is 9.99. The molecular formula is C26H31N3O3S. The van der Waals surface area contributed by atoms with Crippen LogP contribution >= 0.6 is 0 Å². The standard InChI is InChI=1S/C26H31N3O3S/c1-26(2,3)17-29-16-20(15-28-33(30,31)21-8-6-9-21)22-12-11-18(13-23(22)29)25-19(14-27)7-5-10-24(25)32-4/h5,7,10-13,16,21,28H,6,8-9,15,17H2,1-4H3. The molecule has 0 aliphatic heterocycles. The Morgan fingerprint density at radius 3 is 2.58 bits per heavy atom. The van der Waals surface area contributed by atoms with E-state index in [2.05, 4.69) is 48.4 Å². The average molecular weight is 466 g/mol. The highest BCUT2D eigenvalue weighted by Gasteiger charge is 2.31. The summed E-state index contributed by atoms with van der Waals surface area (Å²) in [4.78, 5) is 0. The molecule has 1 aliphatic rings. The SMILES string of the molecule is COc1cccc(C#N)c1-c1ccc2c(CNS(=O)(=O)C3CCC3)cn(CC(C)(C)C)c2c1. The largest absolute Gasteiger partial charge is 0.496 e. The molecule has 3 aromatic rings. The number of rotatable bonds is 7. The molecule has 174 valence electrons. The Balaban J connectivity index is 1.79. The van der Waals surface area contributed by atoms with Crippen molar-refractivity contribution in [3.05, 3.63) is 53.7 Å². The molecule has 0 atom stereocenters. The number of ether oxygens (including phenoxy) is 1. The van der Waals surface area contributed by atoms with Gasteiger partial charge in [-0.05, 0) is 47.6 Å². The van der Waals surface area contributed by atoms with E-state index in [9.17, 15) is 13.7 Å². The van der Waals surface area contributed by atoms with Crippen LogP contribution in [0.5, 0.6) is 5.75 Å². The van der Waals surface area contributed by atoms with Gasteiger partial charge in [0.25, 0.3) is 0 Å². The predicted octanol–water partition coefficient (Wildman–Crippen LogP) is 5.21. The summed E-state index contributed by atoms with van der Waals surface area (Å²) in [6.07, 6.45) is 4.51. The van der Waals surface area contributed by atoms with Crippen LogP contribution < -0.4 is 9.46 Å². The van der Waals surface area contributed by atoms with Gasteiger partial charge in [0.2, 0.25) is 10.0 Å². The maximum absolute atomic E-state index is 12.6. The van der Waals surface area contributed by atoms with Crippen molar-refractivity contribution in [3.8, 4) is 22.9 Å². The van der Waals surface area contributed by atoms with E-state index in [1.54, 1.807) is 13.2 Å². The zero-order valence-electron chi connectivity index (χ0n) is 19.7. The van der Waals surface area contributed by atoms with E-state index in [0.29, 0.717) is 11.3 Å². The Hall–Kier alpha value is -2.82. The van der Waals surface area contributed by atoms with Gasteiger partial charge in [-0.15, -0.1) is 0 Å². The zero-order valence-corrected chi connectivity index (χ0v) is 20.5. The quantitative estimate of drug-likeness (QED) is 0.519. The smallest absolute Gasteiger partial charge is 0.214 e. The molecule has 1 aromatic heterocycles. The highest BCUT2D eigenvalue weighted by Crippen LogP contribution is 2.36. The van der Waals surface area contributed by atoms with Crippen molar-refractivity contribution in [2.75, 3.05) is 7.11 Å². The molecule has 1 heterocycles. The predicted molar refractivity (Wildman–Crippen MR) is 131 cm³/mol. The van der Waals surface area contributed by atoms with E-state index in [-0.39, 0.29) is 17.2 Å². The number of aromatic nitrogens is 1. The Morgan fingerprint density at radius 1 is 1.21 bits per heavy atom. The lowest BCUT2D eigenvalue weighted by atomic mass is 9.96. The Labute approximate surface area is 196 Å². The topological polar surface area (TPSA) is 84.1 Å². The molecule has 0 amide bonds. The van der Waals surface area contributed by atoms with Crippen LogP contribution in [0, 0.1) is 16.7 Å². The molecule has 1 fully saturated rings. The Morgan fingerprint density at radius 2 is 1.97 bits per heavy atom. The van der Waals surface area contributed by atoms with Gasteiger partial charge < -0.3 is 9.30 Å². The first-order chi connectivity index (χ1) is 15.6. The minimum absolute atomic E-state index is 0.0346. The van der Waals surface area contributed by atoms with Crippen LogP contribution in [0.2, 0.25) is 0 Å². The van der Waals surface area contributed by atoms with Crippen LogP contribution in [0.3, 0.4) is 0 Å². The van der Waals surface area contributed by atoms with E-state index in [1.165, 1.54) is 0 Å². The highest BCUT2D eigenvalue weighted by atomic mass is 32.2. The highest BCUT2D eigenvalue weighted by molar-refractivity contribution is 7.90. The van der Waals surface area contributed by atoms with Gasteiger partial charge in [0, 0.05) is 35.8 Å². The lowest BCUT2D eigenvalue weighted by Gasteiger charge is -2.25. The molecule has 4 rings (SSSR count). The van der Waals surface area contributed by atoms with Crippen LogP contribution in [0.4, 0.5) is 0 Å². The summed E-state index contributed by atoms with van der Waals surface area (Å²) in [7, 11) is -1.69. The third-order valence-corrected chi connectivity index (χ3v) is 8.12. The first-order valence-electron chi connectivity index (χ1n) is 11.3. The minimum atomic E-state index is -3.30. The normalized spacial score (nSPS) is 14.8. The second kappa shape index (κ2) is 8.85. The van der Waals surface area contributed by atoms with Crippen molar-refractivity contribution in [2.45, 2.75) is 58.4 Å². The minimum Gasteiger partial charge on any atom is -0.496 e. The molecule has 1 saturated carbocycles. The van der Waals surface area contributed by atoms with Crippen molar-refractivity contribution < 1.29 is 13.2 Å². The summed E-state index contributed by atoms with van der Waals surface area (Å²) in [6, 6.07) is 13.8. The molecule has 1 aliphatic carbocycles. The van der Waals surface area contributed by atoms with E-state index >= 15 is 0 Å². The van der Waals surface area contributed by atoms with Gasteiger partial charge in [-0.3, -0.25) is 0 Å². The second-order valence-corrected chi connectivity index (χ2v) is 12.0. The zero-order chi connectivity index (χ0) is 23.8. The van der Waals surface area contributed by atoms with Crippen LogP contribution in [0.15, 0.2) is 42.6 Å². The summed E-state index contributed by atoms with van der Waals surface area (Å²) < 4.78 is 35.7. The van der Waals surface area contributed by atoms with Crippen molar-refractivity contribution >= 4 is 20.9 Å². The van der Waals surface area contributed by atoms with E-state index in [1.807, 2.05) is 24.3 Å². The van der Waals surface area contributed by atoms with Gasteiger partial charge in [-0.1, -0.05) is 45.4 Å². The van der Waals surface area contributed by atoms with E-state index in [4.69, 9.17) is 4.74 Å². The molecule has 33 heavy (non-hydrogen) atoms. The Bertz CT molecular complexity index is 1320. The summed E-state index contributed by atoms with van der Waals surface area (Å²) in [5.41, 5.74) is 4.20. The molecule has 6 nitrogen and oxygen atoms in total. The number of hydrogen-bond donors (Lipinski definition) is 1. The average Bonchev–Trinajstić information content (AvgIpc) is 3.05. The van der Waals surface area contributed by atoms with E-state index < -0.39 is 10.0 Å². The molecular weight excluding hydrogens is 434 g/mol. The number of nitrogens with one attached hydrogen (secondary N) is 1. The number of benzene rings is 2. The maximum Gasteiger partial charge on any atom is 0.214 e. The number of hydrogen-bond acceptors (Lipinski definition) is 4. The van der Waals surface area contributed by atoms with Gasteiger partial charge in [0.05, 0.1) is 24.0 Å². The third-order valence-electron chi connectivity index (χ3n) is 6.22. The van der Waals surface area contributed by atoms with Crippen LogP contribution in [-0.4, -0.2) is 25.3 Å². The molecule has 0 radical (unpaired) electrons. The van der Waals surface area contributed by atoms with Crippen LogP contribution in [0.25, 0.3) is 22.0 Å². The van der Waals surface area contributed by atoms with Gasteiger partial charge in [-0.25, -0.2) is 13.1 Å². The Kier molecular flexibility index (Phi) is 6.26. The molecule has 2 aromatic carbocycles. The number of methoxy groups -OCH3 is 1. The number of sulfonamides is 1. The first kappa shape index (κ1) is 23.3. The fraction of sp³-hybridized carbons (Fsp3) is 0.423. The molecule has 0 bridgehead atoms. The lowest BCUT2D eigenvalue weighted by Crippen LogP contribution is -2.38. The first-order valence-corrected chi connectivity index (χ1v) is 12.9.